The first kappa shape index (κ1) is 16.5. The van der Waals surface area contributed by atoms with E-state index in [1.165, 1.54) is 11.3 Å². The minimum absolute atomic E-state index is 0.0385. The van der Waals surface area contributed by atoms with Crippen molar-refractivity contribution in [2.45, 2.75) is 18.6 Å². The molecule has 0 aliphatic carbocycles. The van der Waals surface area contributed by atoms with Crippen LogP contribution in [0, 0.1) is 0 Å². The lowest BCUT2D eigenvalue weighted by atomic mass is 10.2. The fourth-order valence-electron chi connectivity index (χ4n) is 1.99. The predicted molar refractivity (Wildman–Crippen MR) is 100 cm³/mol. The molecule has 1 aliphatic rings. The summed E-state index contributed by atoms with van der Waals surface area (Å²) in [6.07, 6.45) is 0.750. The second kappa shape index (κ2) is 7.94. The summed E-state index contributed by atoms with van der Waals surface area (Å²) < 4.78 is 1.01. The van der Waals surface area contributed by atoms with Gasteiger partial charge in [0.05, 0.1) is 11.8 Å². The molecule has 0 spiro atoms. The van der Waals surface area contributed by atoms with Crippen molar-refractivity contribution in [2.24, 2.45) is 4.99 Å². The molecule has 1 aliphatic heterocycles. The number of amides is 1. The van der Waals surface area contributed by atoms with Gasteiger partial charge < -0.3 is 0 Å². The maximum atomic E-state index is 12.4. The SMILES string of the molecule is CCC(SC1=NCCS1)C(=O)Nc1nnc(-c2ccccc2)s1. The highest BCUT2D eigenvalue weighted by atomic mass is 32.2. The van der Waals surface area contributed by atoms with Crippen molar-refractivity contribution in [3.05, 3.63) is 30.3 Å². The van der Waals surface area contributed by atoms with Gasteiger partial charge in [0.2, 0.25) is 11.0 Å². The molecule has 0 fully saturated rings. The quantitative estimate of drug-likeness (QED) is 0.875. The van der Waals surface area contributed by atoms with Gasteiger partial charge in [-0.05, 0) is 6.42 Å². The van der Waals surface area contributed by atoms with E-state index < -0.39 is 0 Å². The Kier molecular flexibility index (Phi) is 5.69. The van der Waals surface area contributed by atoms with E-state index in [1.54, 1.807) is 23.5 Å². The minimum atomic E-state index is -0.150. The van der Waals surface area contributed by atoms with E-state index in [0.29, 0.717) is 5.13 Å². The fraction of sp³-hybridized carbons (Fsp3) is 0.333. The summed E-state index contributed by atoms with van der Waals surface area (Å²) in [5.74, 6) is 0.973. The monoisotopic (exact) mass is 364 g/mol. The topological polar surface area (TPSA) is 67.2 Å². The summed E-state index contributed by atoms with van der Waals surface area (Å²) in [5, 5.41) is 12.3. The normalized spacial score (nSPS) is 15.3. The highest BCUT2D eigenvalue weighted by Crippen LogP contribution is 2.30. The van der Waals surface area contributed by atoms with Crippen LogP contribution in [0.5, 0.6) is 0 Å². The van der Waals surface area contributed by atoms with Crippen LogP contribution in [-0.2, 0) is 4.79 Å². The number of hydrogen-bond acceptors (Lipinski definition) is 7. The molecule has 0 bridgehead atoms. The molecule has 23 heavy (non-hydrogen) atoms. The molecule has 8 heteroatoms. The van der Waals surface area contributed by atoms with Crippen LogP contribution in [0.15, 0.2) is 35.3 Å². The van der Waals surface area contributed by atoms with Crippen LogP contribution in [-0.4, -0.2) is 38.0 Å². The van der Waals surface area contributed by atoms with Crippen molar-refractivity contribution in [3.8, 4) is 10.6 Å². The number of rotatable bonds is 5. The summed E-state index contributed by atoms with van der Waals surface area (Å²) in [4.78, 5) is 16.8. The Morgan fingerprint density at radius 2 is 2.17 bits per heavy atom. The number of aliphatic imine (C=N–C) groups is 1. The summed E-state index contributed by atoms with van der Waals surface area (Å²) in [5.41, 5.74) is 1.00. The summed E-state index contributed by atoms with van der Waals surface area (Å²) in [6, 6.07) is 9.83. The van der Waals surface area contributed by atoms with E-state index in [9.17, 15) is 4.79 Å². The zero-order valence-corrected chi connectivity index (χ0v) is 15.0. The van der Waals surface area contributed by atoms with Crippen LogP contribution in [0.4, 0.5) is 5.13 Å². The van der Waals surface area contributed by atoms with E-state index in [2.05, 4.69) is 20.5 Å². The Morgan fingerprint density at radius 3 is 2.87 bits per heavy atom. The molecule has 3 rings (SSSR count). The molecule has 2 aromatic rings. The van der Waals surface area contributed by atoms with E-state index in [4.69, 9.17) is 0 Å². The Balaban J connectivity index is 1.64. The van der Waals surface area contributed by atoms with E-state index in [-0.39, 0.29) is 11.2 Å². The molecule has 1 aromatic carbocycles. The highest BCUT2D eigenvalue weighted by Gasteiger charge is 2.22. The number of thioether (sulfide) groups is 2. The van der Waals surface area contributed by atoms with E-state index in [0.717, 1.165) is 33.7 Å². The molecule has 1 aromatic heterocycles. The lowest BCUT2D eigenvalue weighted by Crippen LogP contribution is -2.25. The molecule has 0 saturated heterocycles. The molecule has 1 unspecified atom stereocenters. The Bertz CT molecular complexity index is 702. The van der Waals surface area contributed by atoms with Crippen molar-refractivity contribution in [1.82, 2.24) is 10.2 Å². The van der Waals surface area contributed by atoms with E-state index in [1.807, 2.05) is 37.3 Å². The highest BCUT2D eigenvalue weighted by molar-refractivity contribution is 8.39. The predicted octanol–water partition coefficient (Wildman–Crippen LogP) is 3.76. The number of nitrogens with zero attached hydrogens (tertiary/aromatic N) is 3. The van der Waals surface area contributed by atoms with Gasteiger partial charge >= 0.3 is 0 Å². The van der Waals surface area contributed by atoms with Crippen molar-refractivity contribution in [1.29, 1.82) is 0 Å². The number of anilines is 1. The summed E-state index contributed by atoms with van der Waals surface area (Å²) >= 11 is 4.65. The van der Waals surface area contributed by atoms with Crippen LogP contribution in [0.3, 0.4) is 0 Å². The Morgan fingerprint density at radius 1 is 1.35 bits per heavy atom. The fourth-order valence-corrected chi connectivity index (χ4v) is 4.89. The number of aromatic nitrogens is 2. The number of carbonyl (C=O) groups is 1. The zero-order valence-electron chi connectivity index (χ0n) is 12.6. The van der Waals surface area contributed by atoms with Gasteiger partial charge in [0, 0.05) is 11.3 Å². The largest absolute Gasteiger partial charge is 0.300 e. The van der Waals surface area contributed by atoms with Gasteiger partial charge in [0.25, 0.3) is 0 Å². The Hall–Kier alpha value is -1.38. The lowest BCUT2D eigenvalue weighted by Gasteiger charge is -2.12. The molecule has 1 N–H and O–H groups in total. The van der Waals surface area contributed by atoms with Crippen molar-refractivity contribution < 1.29 is 4.79 Å². The van der Waals surface area contributed by atoms with Gasteiger partial charge in [-0.2, -0.15) is 0 Å². The van der Waals surface area contributed by atoms with Crippen molar-refractivity contribution in [3.63, 3.8) is 0 Å². The first-order valence-corrected chi connectivity index (χ1v) is 9.98. The smallest absolute Gasteiger partial charge is 0.239 e. The van der Waals surface area contributed by atoms with Crippen LogP contribution in [0.2, 0.25) is 0 Å². The average Bonchev–Trinajstić information content (AvgIpc) is 3.25. The first-order valence-electron chi connectivity index (χ1n) is 7.30. The number of benzene rings is 1. The van der Waals surface area contributed by atoms with Gasteiger partial charge in [-0.3, -0.25) is 15.1 Å². The van der Waals surface area contributed by atoms with Gasteiger partial charge in [-0.1, -0.05) is 72.1 Å². The standard InChI is InChI=1S/C15H16N4OS3/c1-2-11(22-15-16-8-9-21-15)12(20)17-14-19-18-13(23-14)10-6-4-3-5-7-10/h3-7,11H,2,8-9H2,1H3,(H,17,19,20). The second-order valence-electron chi connectivity index (χ2n) is 4.78. The summed E-state index contributed by atoms with van der Waals surface area (Å²) in [7, 11) is 0. The molecule has 120 valence electrons. The number of hydrogen-bond donors (Lipinski definition) is 1. The van der Waals surface area contributed by atoms with Crippen LogP contribution >= 0.6 is 34.9 Å². The third-order valence-electron chi connectivity index (χ3n) is 3.14. The third-order valence-corrected chi connectivity index (χ3v) is 6.60. The second-order valence-corrected chi connectivity index (χ2v) is 8.29. The molecular weight excluding hydrogens is 348 g/mol. The van der Waals surface area contributed by atoms with Crippen LogP contribution in [0.25, 0.3) is 10.6 Å². The average molecular weight is 365 g/mol. The molecule has 0 saturated carbocycles. The van der Waals surface area contributed by atoms with Gasteiger partial charge in [0.15, 0.2) is 0 Å². The zero-order chi connectivity index (χ0) is 16.1. The maximum absolute atomic E-state index is 12.4. The lowest BCUT2D eigenvalue weighted by molar-refractivity contribution is -0.115. The molecule has 2 heterocycles. The van der Waals surface area contributed by atoms with Crippen LogP contribution < -0.4 is 5.32 Å². The third kappa shape index (κ3) is 4.33. The number of nitrogens with one attached hydrogen (secondary N) is 1. The van der Waals surface area contributed by atoms with Gasteiger partial charge in [0.1, 0.15) is 9.38 Å². The maximum Gasteiger partial charge on any atom is 0.239 e. The molecular formula is C15H16N4OS3. The van der Waals surface area contributed by atoms with Crippen molar-refractivity contribution in [2.75, 3.05) is 17.6 Å². The summed E-state index contributed by atoms with van der Waals surface area (Å²) in [6.45, 7) is 2.86. The first-order chi connectivity index (χ1) is 11.3. The van der Waals surface area contributed by atoms with Gasteiger partial charge in [-0.25, -0.2) is 0 Å². The molecule has 1 amide bonds. The minimum Gasteiger partial charge on any atom is -0.300 e. The molecule has 1 atom stereocenters. The molecule has 5 nitrogen and oxygen atoms in total. The number of carbonyl (C=O) groups excluding carboxylic acids is 1. The molecule has 0 radical (unpaired) electrons. The Labute approximate surface area is 147 Å². The van der Waals surface area contributed by atoms with Crippen LogP contribution in [0.1, 0.15) is 13.3 Å². The van der Waals surface area contributed by atoms with Crippen molar-refractivity contribution >= 4 is 50.3 Å². The van der Waals surface area contributed by atoms with Gasteiger partial charge in [-0.15, -0.1) is 10.2 Å². The van der Waals surface area contributed by atoms with E-state index >= 15 is 0 Å².